The van der Waals surface area contributed by atoms with Gasteiger partial charge in [-0.3, -0.25) is 14.7 Å². The first-order valence-electron chi connectivity index (χ1n) is 21.7. The minimum Gasteiger partial charge on any atom is -0.388 e. The van der Waals surface area contributed by atoms with Crippen molar-refractivity contribution in [2.75, 3.05) is 16.8 Å². The number of ether oxygens (including phenoxy) is 3. The fourth-order valence-electron chi connectivity index (χ4n) is 7.97. The summed E-state index contributed by atoms with van der Waals surface area (Å²) in [4.78, 5) is 42.1. The third-order valence-corrected chi connectivity index (χ3v) is 12.9. The number of hydrogen-bond donors (Lipinski definition) is 1. The molecule has 0 bridgehead atoms. The molecule has 1 N–H and O–H groups in total. The first-order chi connectivity index (χ1) is 31.9. The summed E-state index contributed by atoms with van der Waals surface area (Å²) in [5.74, 6) is -1.92. The number of carbonyl (C=O) groups is 2. The predicted octanol–water partition coefficient (Wildman–Crippen LogP) is 11.0. The average Bonchev–Trinajstić information content (AvgIpc) is 3.74. The van der Waals surface area contributed by atoms with Gasteiger partial charge in [0.2, 0.25) is 11.9 Å². The van der Waals surface area contributed by atoms with E-state index < -0.39 is 55.4 Å². The van der Waals surface area contributed by atoms with Gasteiger partial charge in [0.25, 0.3) is 5.88 Å². The molecule has 8 rings (SSSR count). The van der Waals surface area contributed by atoms with E-state index in [-0.39, 0.29) is 29.6 Å². The van der Waals surface area contributed by atoms with Gasteiger partial charge in [-0.05, 0) is 74.7 Å². The van der Waals surface area contributed by atoms with Crippen LogP contribution in [0.15, 0.2) is 170 Å². The number of carbonyl (C=O) groups excluding carboxylic acids is 2. The number of imidazole rings is 1. The molecule has 0 saturated heterocycles. The summed E-state index contributed by atoms with van der Waals surface area (Å²) in [7, 11) is -3.97. The maximum Gasteiger partial charge on any atom is 0.425 e. The van der Waals surface area contributed by atoms with E-state index in [1.807, 2.05) is 133 Å². The minimum atomic E-state index is -3.97. The number of nitrogens with one attached hydrogen (secondary N) is 1. The van der Waals surface area contributed by atoms with Gasteiger partial charge in [-0.25, -0.2) is 14.7 Å². The molecule has 0 unspecified atom stereocenters. The fourth-order valence-corrected chi connectivity index (χ4v) is 10.1. The van der Waals surface area contributed by atoms with Crippen LogP contribution in [0.2, 0.25) is 0 Å². The van der Waals surface area contributed by atoms with Crippen molar-refractivity contribution in [3.63, 3.8) is 0 Å². The molecule has 0 spiro atoms. The second-order valence-electron chi connectivity index (χ2n) is 16.1. The number of hydrogen-bond acceptors (Lipinski definition) is 11. The fraction of sp³-hybridized carbons (Fsp3) is 0.235. The van der Waals surface area contributed by atoms with Gasteiger partial charge in [-0.15, -0.1) is 0 Å². The third kappa shape index (κ3) is 9.88. The summed E-state index contributed by atoms with van der Waals surface area (Å²) < 4.78 is 48.9. The van der Waals surface area contributed by atoms with Crippen molar-refractivity contribution in [2.24, 2.45) is 0 Å². The maximum atomic E-state index is 14.8. The number of amides is 2. The number of nitrogens with zero attached hydrogens (tertiary/aromatic N) is 5. The Morgan fingerprint density at radius 2 is 1.21 bits per heavy atom. The van der Waals surface area contributed by atoms with Crippen LogP contribution in [0, 0.1) is 0 Å². The first kappa shape index (κ1) is 45.8. The molecule has 1 aliphatic heterocycles. The molecule has 14 nitrogen and oxygen atoms in total. The monoisotopic (exact) mass is 906 g/mol. The zero-order valence-corrected chi connectivity index (χ0v) is 38.1. The van der Waals surface area contributed by atoms with Gasteiger partial charge in [0.15, 0.2) is 17.0 Å². The highest BCUT2D eigenvalue weighted by Crippen LogP contribution is 2.58. The van der Waals surface area contributed by atoms with Gasteiger partial charge in [0.1, 0.15) is 11.7 Å². The molecule has 3 heterocycles. The first-order valence-corrected chi connectivity index (χ1v) is 23.3. The van der Waals surface area contributed by atoms with E-state index in [0.29, 0.717) is 11.4 Å². The van der Waals surface area contributed by atoms with Gasteiger partial charge >= 0.3 is 13.7 Å². The Balaban J connectivity index is 1.25. The molecule has 0 aliphatic carbocycles. The zero-order chi connectivity index (χ0) is 46.3. The molecule has 0 fully saturated rings. The topological polar surface area (TPSA) is 156 Å². The lowest BCUT2D eigenvalue weighted by atomic mass is 9.80. The van der Waals surface area contributed by atoms with Crippen LogP contribution >= 0.6 is 7.60 Å². The van der Waals surface area contributed by atoms with Crippen LogP contribution < -0.4 is 15.0 Å². The maximum absolute atomic E-state index is 14.8. The lowest BCUT2D eigenvalue weighted by molar-refractivity contribution is -0.114. The van der Waals surface area contributed by atoms with Gasteiger partial charge in [-0.2, -0.15) is 9.97 Å². The summed E-state index contributed by atoms with van der Waals surface area (Å²) in [5, 5.41) is 2.65. The van der Waals surface area contributed by atoms with Crippen molar-refractivity contribution < 1.29 is 37.4 Å². The van der Waals surface area contributed by atoms with E-state index in [4.69, 9.17) is 33.2 Å². The van der Waals surface area contributed by atoms with Crippen LogP contribution in [-0.4, -0.2) is 62.3 Å². The second kappa shape index (κ2) is 20.2. The Morgan fingerprint density at radius 3 is 1.68 bits per heavy atom. The molecule has 1 aliphatic rings. The van der Waals surface area contributed by atoms with Crippen LogP contribution in [0.1, 0.15) is 57.4 Å². The molecule has 2 aromatic heterocycles. The number of rotatable bonds is 16. The largest absolute Gasteiger partial charge is 0.425 e. The highest BCUT2D eigenvalue weighted by atomic mass is 31.2. The Kier molecular flexibility index (Phi) is 14.0. The Morgan fingerprint density at radius 1 is 0.727 bits per heavy atom. The van der Waals surface area contributed by atoms with Crippen molar-refractivity contribution in [1.29, 1.82) is 0 Å². The van der Waals surface area contributed by atoms with E-state index in [0.717, 1.165) is 16.7 Å². The lowest BCUT2D eigenvalue weighted by Gasteiger charge is -2.40. The average molecular weight is 907 g/mol. The molecule has 0 saturated carbocycles. The molecular weight excluding hydrogens is 856 g/mol. The number of para-hydroxylation sites is 2. The van der Waals surface area contributed by atoms with Crippen LogP contribution in [0.4, 0.5) is 22.1 Å². The Labute approximate surface area is 383 Å². The van der Waals surface area contributed by atoms with Crippen molar-refractivity contribution >= 4 is 48.1 Å². The third-order valence-electron chi connectivity index (χ3n) is 10.6. The summed E-state index contributed by atoms with van der Waals surface area (Å²) in [6.07, 6.45) is 2.41. The second-order valence-corrected chi connectivity index (χ2v) is 18.1. The van der Waals surface area contributed by atoms with E-state index in [2.05, 4.69) is 10.3 Å². The highest BCUT2D eigenvalue weighted by molar-refractivity contribution is 7.54. The van der Waals surface area contributed by atoms with E-state index in [9.17, 15) is 14.2 Å². The standard InChI is InChI=1S/C51H51N6O8P/c1-35(2)64-66(60,65-36(3)4)45-32-31-43(44(62-45)33-61-51(38-21-11-6-12-22-38,39-23-13-7-14-24-39)40-25-15-8-16-26-40)56-34-52-46-47(56)54-49(53-37(5)58)55-48(46)63-50(59)57(41-27-17-9-18-28-41)42-29-19-10-20-30-42/h6-32,34-36,43-45H,33H2,1-5H3,(H,53,54,55,58)/t43-,44-,45+/m1/s1. The highest BCUT2D eigenvalue weighted by Gasteiger charge is 2.45. The normalized spacial score (nSPS) is 16.4. The minimum absolute atomic E-state index is 0.0815. The van der Waals surface area contributed by atoms with Gasteiger partial charge in [0, 0.05) is 6.92 Å². The molecule has 0 radical (unpaired) electrons. The van der Waals surface area contributed by atoms with E-state index in [1.165, 1.54) is 18.2 Å². The van der Waals surface area contributed by atoms with Crippen molar-refractivity contribution in [1.82, 2.24) is 19.5 Å². The molecule has 2 amide bonds. The molecule has 15 heteroatoms. The zero-order valence-electron chi connectivity index (χ0n) is 37.2. The van der Waals surface area contributed by atoms with Crippen LogP contribution in [-0.2, 0) is 33.5 Å². The smallest absolute Gasteiger partial charge is 0.388 e. The summed E-state index contributed by atoms with van der Waals surface area (Å²) >= 11 is 0. The number of benzene rings is 5. The van der Waals surface area contributed by atoms with Gasteiger partial charge in [-0.1, -0.05) is 133 Å². The van der Waals surface area contributed by atoms with Crippen molar-refractivity contribution in [3.8, 4) is 5.88 Å². The quantitative estimate of drug-likeness (QED) is 0.0559. The summed E-state index contributed by atoms with van der Waals surface area (Å²) in [6, 6.07) is 47.1. The molecular formula is C51H51N6O8P. The Bertz CT molecular complexity index is 2660. The molecule has 3 atom stereocenters. The Hall–Kier alpha value is -6.80. The summed E-state index contributed by atoms with van der Waals surface area (Å²) in [6.45, 7) is 8.38. The van der Waals surface area contributed by atoms with Crippen LogP contribution in [0.5, 0.6) is 5.88 Å². The molecule has 338 valence electrons. The predicted molar refractivity (Wildman–Crippen MR) is 253 cm³/mol. The van der Waals surface area contributed by atoms with Crippen LogP contribution in [0.25, 0.3) is 11.2 Å². The van der Waals surface area contributed by atoms with Crippen molar-refractivity contribution in [2.45, 2.75) is 70.4 Å². The van der Waals surface area contributed by atoms with Crippen molar-refractivity contribution in [3.05, 3.63) is 187 Å². The number of aromatic nitrogens is 4. The number of anilines is 3. The summed E-state index contributed by atoms with van der Waals surface area (Å²) in [5.41, 5.74) is 2.87. The SMILES string of the molecule is CC(=O)Nc1nc(OC(=O)N(c2ccccc2)c2ccccc2)c2ncn([C@@H]3C=C[C@H](P(=O)(OC(C)C)OC(C)C)O[C@@H]3COC(c3ccccc3)(c3ccccc3)c3ccccc3)c2n1. The van der Waals surface area contributed by atoms with E-state index in [1.54, 1.807) is 62.6 Å². The van der Waals surface area contributed by atoms with E-state index >= 15 is 0 Å². The lowest BCUT2D eigenvalue weighted by Crippen LogP contribution is -2.41. The van der Waals surface area contributed by atoms with Gasteiger partial charge < -0.3 is 27.8 Å². The molecule has 66 heavy (non-hydrogen) atoms. The molecule has 5 aromatic carbocycles. The number of fused-ring (bicyclic) bond motifs is 1. The van der Waals surface area contributed by atoms with Crippen LogP contribution in [0.3, 0.4) is 0 Å². The van der Waals surface area contributed by atoms with Gasteiger partial charge in [0.05, 0.1) is 42.6 Å². The molecule has 7 aromatic rings.